The molecule has 0 amide bonds. The molecule has 6 heteroatoms. The Morgan fingerprint density at radius 1 is 1.35 bits per heavy atom. The van der Waals surface area contributed by atoms with Crippen LogP contribution in [-0.4, -0.2) is 17.9 Å². The molecule has 1 aromatic rings. The highest BCUT2D eigenvalue weighted by atomic mass is 32.2. The summed E-state index contributed by atoms with van der Waals surface area (Å²) in [5.41, 5.74) is -0.443. The van der Waals surface area contributed by atoms with E-state index in [1.165, 1.54) is 36.9 Å². The van der Waals surface area contributed by atoms with Crippen LogP contribution in [0, 0.1) is 0 Å². The number of halogens is 3. The number of hydrogen-bond donors (Lipinski definition) is 0. The Balaban J connectivity index is 3.01. The minimum Gasteiger partial charge on any atom is -0.385 e. The van der Waals surface area contributed by atoms with Crippen molar-refractivity contribution in [3.8, 4) is 0 Å². The minimum absolute atomic E-state index is 0.0427. The normalized spacial score (nSPS) is 12.6. The Bertz CT molecular complexity index is 404. The number of alkyl halides is 3. The lowest BCUT2D eigenvalue weighted by molar-refractivity contribution is -0.137. The van der Waals surface area contributed by atoms with Gasteiger partial charge in [-0.3, -0.25) is 0 Å². The first kappa shape index (κ1) is 13.9. The number of hydrogen-bond acceptors (Lipinski definition) is 3. The quantitative estimate of drug-likeness (QED) is 0.357. The van der Waals surface area contributed by atoms with E-state index in [2.05, 4.69) is 5.16 Å². The molecule has 0 atom stereocenters. The summed E-state index contributed by atoms with van der Waals surface area (Å²) in [6.45, 7) is 1.49. The molecule has 17 heavy (non-hydrogen) atoms. The Labute approximate surface area is 102 Å². The third-order valence-corrected chi connectivity index (χ3v) is 2.34. The van der Waals surface area contributed by atoms with Crippen LogP contribution in [0.3, 0.4) is 0 Å². The summed E-state index contributed by atoms with van der Waals surface area (Å²) in [4.78, 5) is 4.85. The molecule has 0 bridgehead atoms. The SMILES string of the molecule is CSCO/N=C(\C)c1ccccc1C(F)(F)F. The van der Waals surface area contributed by atoms with Gasteiger partial charge < -0.3 is 4.84 Å². The fraction of sp³-hybridized carbons (Fsp3) is 0.364. The molecule has 0 N–H and O–H groups in total. The first-order valence-electron chi connectivity index (χ1n) is 4.79. The van der Waals surface area contributed by atoms with Gasteiger partial charge in [-0.25, -0.2) is 0 Å². The van der Waals surface area contributed by atoms with Crippen molar-refractivity contribution in [2.24, 2.45) is 5.16 Å². The minimum atomic E-state index is -4.38. The molecule has 0 radical (unpaired) electrons. The predicted octanol–water partition coefficient (Wildman–Crippen LogP) is 3.77. The molecule has 0 aliphatic carbocycles. The van der Waals surface area contributed by atoms with Gasteiger partial charge in [-0.2, -0.15) is 13.2 Å². The number of rotatable bonds is 4. The Morgan fingerprint density at radius 2 is 2.00 bits per heavy atom. The van der Waals surface area contributed by atoms with Gasteiger partial charge in [0.25, 0.3) is 0 Å². The van der Waals surface area contributed by atoms with Crippen LogP contribution in [0.15, 0.2) is 29.4 Å². The van der Waals surface area contributed by atoms with E-state index in [1.807, 2.05) is 6.26 Å². The molecule has 0 spiro atoms. The summed E-state index contributed by atoms with van der Waals surface area (Å²) in [6, 6.07) is 5.30. The number of nitrogens with zero attached hydrogens (tertiary/aromatic N) is 1. The van der Waals surface area contributed by atoms with Gasteiger partial charge in [-0.05, 0) is 19.2 Å². The monoisotopic (exact) mass is 263 g/mol. The van der Waals surface area contributed by atoms with E-state index >= 15 is 0 Å². The number of benzene rings is 1. The van der Waals surface area contributed by atoms with E-state index in [9.17, 15) is 13.2 Å². The summed E-state index contributed by atoms with van der Waals surface area (Å²) in [5, 5.41) is 3.65. The van der Waals surface area contributed by atoms with Crippen molar-refractivity contribution in [1.82, 2.24) is 0 Å². The van der Waals surface area contributed by atoms with Crippen LogP contribution >= 0.6 is 11.8 Å². The maximum absolute atomic E-state index is 12.7. The molecular formula is C11H12F3NOS. The van der Waals surface area contributed by atoms with Gasteiger partial charge in [-0.15, -0.1) is 11.8 Å². The molecule has 0 aromatic heterocycles. The summed E-state index contributed by atoms with van der Waals surface area (Å²) in [5.74, 6) is 0.311. The van der Waals surface area contributed by atoms with Crippen molar-refractivity contribution < 1.29 is 18.0 Å². The molecule has 0 saturated heterocycles. The van der Waals surface area contributed by atoms with Gasteiger partial charge in [-0.1, -0.05) is 23.4 Å². The van der Waals surface area contributed by atoms with Gasteiger partial charge in [0.05, 0.1) is 11.3 Å². The average molecular weight is 263 g/mol. The van der Waals surface area contributed by atoms with E-state index in [0.29, 0.717) is 5.94 Å². The largest absolute Gasteiger partial charge is 0.417 e. The molecule has 0 aliphatic rings. The van der Waals surface area contributed by atoms with Gasteiger partial charge in [0.1, 0.15) is 0 Å². The summed E-state index contributed by atoms with van der Waals surface area (Å²) >= 11 is 1.40. The zero-order valence-corrected chi connectivity index (χ0v) is 10.2. The van der Waals surface area contributed by atoms with Crippen molar-refractivity contribution in [3.63, 3.8) is 0 Å². The van der Waals surface area contributed by atoms with Gasteiger partial charge in [0.15, 0.2) is 5.94 Å². The first-order chi connectivity index (χ1) is 7.96. The fourth-order valence-corrected chi connectivity index (χ4v) is 1.43. The molecule has 0 heterocycles. The number of thioether (sulfide) groups is 1. The van der Waals surface area contributed by atoms with E-state index in [4.69, 9.17) is 4.84 Å². The van der Waals surface area contributed by atoms with Crippen LogP contribution in [-0.2, 0) is 11.0 Å². The molecule has 0 saturated carbocycles. The summed E-state index contributed by atoms with van der Waals surface area (Å²) in [7, 11) is 0. The second-order valence-corrected chi connectivity index (χ2v) is 4.07. The number of oxime groups is 1. The topological polar surface area (TPSA) is 21.6 Å². The van der Waals surface area contributed by atoms with Crippen LogP contribution in [0.5, 0.6) is 0 Å². The second-order valence-electron chi connectivity index (χ2n) is 3.26. The maximum atomic E-state index is 12.7. The lowest BCUT2D eigenvalue weighted by Crippen LogP contribution is -2.12. The highest BCUT2D eigenvalue weighted by Crippen LogP contribution is 2.32. The van der Waals surface area contributed by atoms with Crippen molar-refractivity contribution in [1.29, 1.82) is 0 Å². The standard InChI is InChI=1S/C11H12F3NOS/c1-8(15-16-7-17-2)9-5-3-4-6-10(9)11(12,13)14/h3-6H,7H2,1-2H3/b15-8+. The van der Waals surface area contributed by atoms with E-state index < -0.39 is 11.7 Å². The van der Waals surface area contributed by atoms with Crippen LogP contribution in [0.4, 0.5) is 13.2 Å². The molecule has 94 valence electrons. The molecule has 0 unspecified atom stereocenters. The molecule has 0 aliphatic heterocycles. The maximum Gasteiger partial charge on any atom is 0.417 e. The van der Waals surface area contributed by atoms with Crippen LogP contribution in [0.1, 0.15) is 18.1 Å². The van der Waals surface area contributed by atoms with Crippen LogP contribution in [0.25, 0.3) is 0 Å². The molecule has 1 rings (SSSR count). The smallest absolute Gasteiger partial charge is 0.385 e. The van der Waals surface area contributed by atoms with Crippen LogP contribution < -0.4 is 0 Å². The van der Waals surface area contributed by atoms with Crippen LogP contribution in [0.2, 0.25) is 0 Å². The lowest BCUT2D eigenvalue weighted by atomic mass is 10.0. The Morgan fingerprint density at radius 3 is 2.59 bits per heavy atom. The van der Waals surface area contributed by atoms with Crippen molar-refractivity contribution >= 4 is 17.5 Å². The average Bonchev–Trinajstić information content (AvgIpc) is 2.28. The zero-order chi connectivity index (χ0) is 12.9. The molecule has 2 nitrogen and oxygen atoms in total. The van der Waals surface area contributed by atoms with E-state index in [-0.39, 0.29) is 11.3 Å². The summed E-state index contributed by atoms with van der Waals surface area (Å²) in [6.07, 6.45) is -2.57. The predicted molar refractivity (Wildman–Crippen MR) is 63.1 cm³/mol. The fourth-order valence-electron chi connectivity index (χ4n) is 1.27. The molecule has 1 aromatic carbocycles. The highest BCUT2D eigenvalue weighted by molar-refractivity contribution is 7.98. The Hall–Kier alpha value is -1.17. The third kappa shape index (κ3) is 3.96. The van der Waals surface area contributed by atoms with Crippen molar-refractivity contribution in [2.45, 2.75) is 13.1 Å². The molecule has 0 fully saturated rings. The van der Waals surface area contributed by atoms with Gasteiger partial charge in [0, 0.05) is 5.56 Å². The van der Waals surface area contributed by atoms with Gasteiger partial charge >= 0.3 is 6.18 Å². The first-order valence-corrected chi connectivity index (χ1v) is 6.18. The zero-order valence-electron chi connectivity index (χ0n) is 9.41. The van der Waals surface area contributed by atoms with E-state index in [0.717, 1.165) is 6.07 Å². The summed E-state index contributed by atoms with van der Waals surface area (Å²) < 4.78 is 38.1. The van der Waals surface area contributed by atoms with Crippen molar-refractivity contribution in [3.05, 3.63) is 35.4 Å². The molecular weight excluding hydrogens is 251 g/mol. The van der Waals surface area contributed by atoms with E-state index in [1.54, 1.807) is 0 Å². The van der Waals surface area contributed by atoms with Gasteiger partial charge in [0.2, 0.25) is 0 Å². The second kappa shape index (κ2) is 5.95. The highest BCUT2D eigenvalue weighted by Gasteiger charge is 2.33. The van der Waals surface area contributed by atoms with Crippen molar-refractivity contribution in [2.75, 3.05) is 12.2 Å². The third-order valence-electron chi connectivity index (χ3n) is 1.99. The lowest BCUT2D eigenvalue weighted by Gasteiger charge is -2.11. The Kier molecular flexibility index (Phi) is 4.86.